The number of benzene rings is 1. The summed E-state index contributed by atoms with van der Waals surface area (Å²) >= 11 is 14.3. The van der Waals surface area contributed by atoms with Gasteiger partial charge >= 0.3 is 0 Å². The SMILES string of the molecule is Fc1c(Cl)cc(Cl)cc1CBr. The van der Waals surface area contributed by atoms with E-state index < -0.39 is 5.82 Å². The third-order valence-corrected chi connectivity index (χ3v) is 2.31. The highest BCUT2D eigenvalue weighted by Gasteiger charge is 2.06. The number of rotatable bonds is 1. The Bertz CT molecular complexity index is 275. The average molecular weight is 258 g/mol. The van der Waals surface area contributed by atoms with E-state index in [0.29, 0.717) is 15.9 Å². The molecule has 0 aromatic heterocycles. The molecule has 0 saturated carbocycles. The topological polar surface area (TPSA) is 0 Å². The van der Waals surface area contributed by atoms with Crippen molar-refractivity contribution in [1.29, 1.82) is 0 Å². The zero-order valence-corrected chi connectivity index (χ0v) is 8.47. The van der Waals surface area contributed by atoms with Crippen LogP contribution >= 0.6 is 39.1 Å². The van der Waals surface area contributed by atoms with E-state index in [2.05, 4.69) is 15.9 Å². The first-order valence-corrected chi connectivity index (χ1v) is 4.72. The maximum atomic E-state index is 13.0. The van der Waals surface area contributed by atoms with Gasteiger partial charge in [-0.3, -0.25) is 0 Å². The van der Waals surface area contributed by atoms with Crippen LogP contribution in [0, 0.1) is 5.82 Å². The summed E-state index contributed by atoms with van der Waals surface area (Å²) in [6, 6.07) is 2.92. The predicted molar refractivity (Wildman–Crippen MR) is 49.1 cm³/mol. The minimum atomic E-state index is -0.409. The van der Waals surface area contributed by atoms with Crippen molar-refractivity contribution in [2.45, 2.75) is 5.33 Å². The fourth-order valence-electron chi connectivity index (χ4n) is 0.707. The zero-order valence-electron chi connectivity index (χ0n) is 5.37. The van der Waals surface area contributed by atoms with Gasteiger partial charge in [-0.15, -0.1) is 0 Å². The van der Waals surface area contributed by atoms with Crippen LogP contribution < -0.4 is 0 Å². The van der Waals surface area contributed by atoms with Gasteiger partial charge in [-0.2, -0.15) is 0 Å². The molecular formula is C7H4BrCl2F. The molecule has 0 unspecified atom stereocenters. The van der Waals surface area contributed by atoms with Crippen molar-refractivity contribution in [2.75, 3.05) is 0 Å². The lowest BCUT2D eigenvalue weighted by Gasteiger charge is -2.00. The summed E-state index contributed by atoms with van der Waals surface area (Å²) in [5, 5.41) is 0.928. The van der Waals surface area contributed by atoms with Gasteiger partial charge in [0.05, 0.1) is 5.02 Å². The van der Waals surface area contributed by atoms with Crippen molar-refractivity contribution in [1.82, 2.24) is 0 Å². The van der Waals surface area contributed by atoms with Crippen molar-refractivity contribution in [3.8, 4) is 0 Å². The van der Waals surface area contributed by atoms with Gasteiger partial charge in [-0.1, -0.05) is 39.1 Å². The Hall–Kier alpha value is 0.210. The van der Waals surface area contributed by atoms with Crippen LogP contribution in [0.1, 0.15) is 5.56 Å². The summed E-state index contributed by atoms with van der Waals surface area (Å²) in [7, 11) is 0. The smallest absolute Gasteiger partial charge is 0.145 e. The molecule has 1 aromatic carbocycles. The molecule has 0 N–H and O–H groups in total. The summed E-state index contributed by atoms with van der Waals surface area (Å²) in [6.45, 7) is 0. The van der Waals surface area contributed by atoms with Gasteiger partial charge in [0.1, 0.15) is 5.82 Å². The molecule has 0 aliphatic carbocycles. The van der Waals surface area contributed by atoms with Crippen molar-refractivity contribution < 1.29 is 4.39 Å². The Morgan fingerprint density at radius 2 is 2.00 bits per heavy atom. The molecule has 0 spiro atoms. The summed E-state index contributed by atoms with van der Waals surface area (Å²) in [5.74, 6) is -0.409. The van der Waals surface area contributed by atoms with Crippen molar-refractivity contribution >= 4 is 39.1 Å². The lowest BCUT2D eigenvalue weighted by molar-refractivity contribution is 0.618. The van der Waals surface area contributed by atoms with Crippen molar-refractivity contribution in [3.63, 3.8) is 0 Å². The third-order valence-electron chi connectivity index (χ3n) is 1.21. The summed E-state index contributed by atoms with van der Waals surface area (Å²) in [6.07, 6.45) is 0. The molecule has 0 atom stereocenters. The largest absolute Gasteiger partial charge is 0.205 e. The van der Waals surface area contributed by atoms with Gasteiger partial charge in [0, 0.05) is 15.9 Å². The highest BCUT2D eigenvalue weighted by molar-refractivity contribution is 9.08. The van der Waals surface area contributed by atoms with E-state index in [4.69, 9.17) is 23.2 Å². The van der Waals surface area contributed by atoms with Gasteiger partial charge in [0.2, 0.25) is 0 Å². The molecule has 1 rings (SSSR count). The first kappa shape index (κ1) is 9.30. The number of alkyl halides is 1. The van der Waals surface area contributed by atoms with Gasteiger partial charge in [0.15, 0.2) is 0 Å². The molecule has 0 saturated heterocycles. The first-order chi connectivity index (χ1) is 5.15. The maximum absolute atomic E-state index is 13.0. The predicted octanol–water partition coefficient (Wildman–Crippen LogP) is 4.03. The maximum Gasteiger partial charge on any atom is 0.145 e. The van der Waals surface area contributed by atoms with E-state index in [9.17, 15) is 4.39 Å². The van der Waals surface area contributed by atoms with Crippen LogP contribution in [-0.2, 0) is 5.33 Å². The fraction of sp³-hybridized carbons (Fsp3) is 0.143. The second-order valence-corrected chi connectivity index (χ2v) is 3.40. The van der Waals surface area contributed by atoms with Crippen LogP contribution in [0.3, 0.4) is 0 Å². The Kier molecular flexibility index (Phi) is 3.16. The monoisotopic (exact) mass is 256 g/mol. The number of hydrogen-bond donors (Lipinski definition) is 0. The van der Waals surface area contributed by atoms with Crippen LogP contribution in [0.25, 0.3) is 0 Å². The lowest BCUT2D eigenvalue weighted by Crippen LogP contribution is -1.86. The van der Waals surface area contributed by atoms with E-state index in [1.165, 1.54) is 12.1 Å². The number of hydrogen-bond acceptors (Lipinski definition) is 0. The Morgan fingerprint density at radius 3 is 2.55 bits per heavy atom. The zero-order chi connectivity index (χ0) is 8.43. The molecule has 0 fully saturated rings. The average Bonchev–Trinajstić information content (AvgIpc) is 1.96. The van der Waals surface area contributed by atoms with E-state index in [0.717, 1.165) is 0 Å². The Balaban J connectivity index is 3.24. The second kappa shape index (κ2) is 3.74. The molecule has 60 valence electrons. The number of halogens is 4. The summed E-state index contributed by atoms with van der Waals surface area (Å²) in [4.78, 5) is 0. The molecule has 0 radical (unpaired) electrons. The third kappa shape index (κ3) is 2.08. The van der Waals surface area contributed by atoms with Gasteiger partial charge in [-0.25, -0.2) is 4.39 Å². The van der Waals surface area contributed by atoms with Crippen LogP contribution in [0.2, 0.25) is 10.0 Å². The Labute approximate surface area is 82.4 Å². The molecule has 0 aliphatic heterocycles. The summed E-state index contributed by atoms with van der Waals surface area (Å²) in [5.41, 5.74) is 0.475. The molecular weight excluding hydrogens is 254 g/mol. The van der Waals surface area contributed by atoms with Gasteiger partial charge in [-0.05, 0) is 12.1 Å². The van der Waals surface area contributed by atoms with Crippen LogP contribution in [0.15, 0.2) is 12.1 Å². The van der Waals surface area contributed by atoms with E-state index in [1.54, 1.807) is 0 Å². The van der Waals surface area contributed by atoms with Crippen LogP contribution in [-0.4, -0.2) is 0 Å². The van der Waals surface area contributed by atoms with Crippen molar-refractivity contribution in [3.05, 3.63) is 33.6 Å². The molecule has 0 amide bonds. The quantitative estimate of drug-likeness (QED) is 0.527. The molecule has 0 aliphatic rings. The van der Waals surface area contributed by atoms with E-state index in [1.807, 2.05) is 0 Å². The lowest BCUT2D eigenvalue weighted by atomic mass is 10.2. The first-order valence-electron chi connectivity index (χ1n) is 2.84. The Morgan fingerprint density at radius 1 is 1.36 bits per heavy atom. The fourth-order valence-corrected chi connectivity index (χ4v) is 1.65. The van der Waals surface area contributed by atoms with Gasteiger partial charge < -0.3 is 0 Å². The van der Waals surface area contributed by atoms with E-state index in [-0.39, 0.29) is 5.02 Å². The van der Waals surface area contributed by atoms with Crippen LogP contribution in [0.5, 0.6) is 0 Å². The normalized spacial score (nSPS) is 10.2. The second-order valence-electron chi connectivity index (χ2n) is 1.99. The van der Waals surface area contributed by atoms with Crippen LogP contribution in [0.4, 0.5) is 4.39 Å². The molecule has 0 nitrogen and oxygen atoms in total. The standard InChI is InChI=1S/C7H4BrCl2F/c8-3-4-1-5(9)2-6(10)7(4)11/h1-2H,3H2. The van der Waals surface area contributed by atoms with Gasteiger partial charge in [0.25, 0.3) is 0 Å². The highest BCUT2D eigenvalue weighted by Crippen LogP contribution is 2.24. The minimum absolute atomic E-state index is 0.0620. The van der Waals surface area contributed by atoms with Crippen molar-refractivity contribution in [2.24, 2.45) is 0 Å². The van der Waals surface area contributed by atoms with E-state index >= 15 is 0 Å². The minimum Gasteiger partial charge on any atom is -0.205 e. The molecule has 4 heteroatoms. The molecule has 0 bridgehead atoms. The summed E-state index contributed by atoms with van der Waals surface area (Å²) < 4.78 is 13.0. The molecule has 0 heterocycles. The highest BCUT2D eigenvalue weighted by atomic mass is 79.9. The molecule has 11 heavy (non-hydrogen) atoms. The molecule has 1 aromatic rings.